The lowest BCUT2D eigenvalue weighted by Gasteiger charge is -2.36. The Morgan fingerprint density at radius 3 is 2.62 bits per heavy atom. The summed E-state index contributed by atoms with van der Waals surface area (Å²) in [5, 5.41) is 2.42. The van der Waals surface area contributed by atoms with E-state index < -0.39 is 0 Å². The summed E-state index contributed by atoms with van der Waals surface area (Å²) >= 11 is 1.41. The fraction of sp³-hybridized carbons (Fsp3) is 0.379. The molecule has 0 saturated carbocycles. The Balaban J connectivity index is 1.12. The van der Waals surface area contributed by atoms with E-state index in [1.807, 2.05) is 40.6 Å². The van der Waals surface area contributed by atoms with Crippen LogP contribution in [-0.2, 0) is 6.61 Å². The first-order valence-electron chi connectivity index (χ1n) is 13.5. The van der Waals surface area contributed by atoms with Crippen molar-refractivity contribution < 1.29 is 9.53 Å². The number of nitrogens with one attached hydrogen (secondary N) is 1. The van der Waals surface area contributed by atoms with E-state index in [1.54, 1.807) is 13.1 Å². The van der Waals surface area contributed by atoms with E-state index >= 15 is 0 Å². The van der Waals surface area contributed by atoms with Crippen LogP contribution in [0.3, 0.4) is 0 Å². The zero-order valence-corrected chi connectivity index (χ0v) is 22.8. The maximum Gasteiger partial charge on any atom is 0.260 e. The number of nitrogens with zero attached hydrogens (tertiary/aromatic N) is 4. The molecule has 0 spiro atoms. The van der Waals surface area contributed by atoms with Crippen LogP contribution < -0.4 is 16.0 Å². The highest BCUT2D eigenvalue weighted by Gasteiger charge is 2.28. The minimum atomic E-state index is -0.178. The molecule has 0 unspecified atom stereocenters. The van der Waals surface area contributed by atoms with Crippen LogP contribution in [0.1, 0.15) is 47.4 Å². The number of H-pyrrole nitrogens is 1. The number of benzene rings is 1. The van der Waals surface area contributed by atoms with Crippen molar-refractivity contribution in [2.45, 2.75) is 45.3 Å². The average molecular weight is 545 g/mol. The number of nitrogens with two attached hydrogens (primary N) is 1. The van der Waals surface area contributed by atoms with Crippen molar-refractivity contribution in [3.8, 4) is 16.9 Å². The second kappa shape index (κ2) is 10.8. The zero-order chi connectivity index (χ0) is 26.9. The Labute approximate surface area is 230 Å². The molecular formula is C29H32N6O3S. The lowest BCUT2D eigenvalue weighted by Crippen LogP contribution is -2.45. The number of carbonyl (C=O) groups is 1. The Hall–Kier alpha value is -3.76. The fourth-order valence-corrected chi connectivity index (χ4v) is 6.60. The molecule has 2 fully saturated rings. The topological polar surface area (TPSA) is 117 Å². The van der Waals surface area contributed by atoms with Crippen LogP contribution in [0.4, 0.5) is 5.82 Å². The molecule has 3 N–H and O–H groups in total. The van der Waals surface area contributed by atoms with E-state index in [0.717, 1.165) is 42.6 Å². The van der Waals surface area contributed by atoms with E-state index in [9.17, 15) is 9.59 Å². The molecule has 0 aliphatic carbocycles. The van der Waals surface area contributed by atoms with Crippen LogP contribution in [0.5, 0.6) is 5.75 Å². The van der Waals surface area contributed by atoms with Crippen molar-refractivity contribution >= 4 is 33.3 Å². The summed E-state index contributed by atoms with van der Waals surface area (Å²) in [7, 11) is 0. The van der Waals surface area contributed by atoms with Gasteiger partial charge in [0.25, 0.3) is 11.5 Å². The van der Waals surface area contributed by atoms with Gasteiger partial charge in [-0.1, -0.05) is 12.1 Å². The Kier molecular flexibility index (Phi) is 7.05. The molecule has 2 saturated heterocycles. The Morgan fingerprint density at radius 1 is 1.13 bits per heavy atom. The van der Waals surface area contributed by atoms with Crippen LogP contribution in [0, 0.1) is 6.92 Å². The Bertz CT molecular complexity index is 1550. The number of aryl methyl sites for hydroxylation is 1. The first-order valence-corrected chi connectivity index (χ1v) is 14.3. The number of hydrogen-bond acceptors (Lipinski definition) is 8. The first kappa shape index (κ1) is 25.5. The van der Waals surface area contributed by atoms with Crippen LogP contribution >= 0.6 is 11.3 Å². The molecule has 9 nitrogen and oxygen atoms in total. The molecule has 1 amide bonds. The van der Waals surface area contributed by atoms with E-state index in [4.69, 9.17) is 10.5 Å². The number of carbonyl (C=O) groups excluding carboxylic acids is 1. The smallest absolute Gasteiger partial charge is 0.260 e. The predicted octanol–water partition coefficient (Wildman–Crippen LogP) is 4.22. The highest BCUT2D eigenvalue weighted by Crippen LogP contribution is 2.30. The molecule has 6 rings (SSSR count). The van der Waals surface area contributed by atoms with Crippen molar-refractivity contribution in [1.29, 1.82) is 0 Å². The highest BCUT2D eigenvalue weighted by molar-refractivity contribution is 7.16. The summed E-state index contributed by atoms with van der Waals surface area (Å²) in [6.45, 7) is 5.96. The molecule has 1 aromatic carbocycles. The molecule has 4 aromatic rings. The standard InChI is InChI=1S/C29H32N6O3S/c1-18-32-27(36)25-22(17-39-28(25)33-18)16-38-24-14-21(15-31-26(24)30)19-4-6-20(7-5-19)29(37)35-12-8-23(9-13-35)34-10-2-3-11-34/h4-7,14-15,17,23H,2-3,8-13,16H2,1H3,(H2,30,31)(H,32,33,36). The lowest BCUT2D eigenvalue weighted by molar-refractivity contribution is 0.0644. The second-order valence-electron chi connectivity index (χ2n) is 10.3. The third kappa shape index (κ3) is 5.26. The SMILES string of the molecule is Cc1nc2scc(COc3cc(-c4ccc(C(=O)N5CCC(N6CCCC6)CC5)cc4)cnc3N)c2c(=O)[nH]1. The molecule has 39 heavy (non-hydrogen) atoms. The number of fused-ring (bicyclic) bond motifs is 1. The van der Waals surface area contributed by atoms with E-state index in [2.05, 4.69) is 19.9 Å². The molecule has 202 valence electrons. The maximum atomic E-state index is 13.1. The number of anilines is 1. The van der Waals surface area contributed by atoms with E-state index in [1.165, 1.54) is 37.3 Å². The van der Waals surface area contributed by atoms with Gasteiger partial charge in [-0.15, -0.1) is 11.3 Å². The van der Waals surface area contributed by atoms with Crippen LogP contribution in [0.2, 0.25) is 0 Å². The van der Waals surface area contributed by atoms with Gasteiger partial charge < -0.3 is 25.3 Å². The quantitative estimate of drug-likeness (QED) is 0.373. The monoisotopic (exact) mass is 544 g/mol. The number of pyridine rings is 1. The van der Waals surface area contributed by atoms with Gasteiger partial charge >= 0.3 is 0 Å². The first-order chi connectivity index (χ1) is 19.0. The number of thiophene rings is 1. The van der Waals surface area contributed by atoms with Crippen LogP contribution in [0.15, 0.2) is 46.7 Å². The van der Waals surface area contributed by atoms with Gasteiger partial charge in [-0.3, -0.25) is 9.59 Å². The molecule has 0 bridgehead atoms. The summed E-state index contributed by atoms with van der Waals surface area (Å²) in [4.78, 5) is 42.3. The fourth-order valence-electron chi connectivity index (χ4n) is 5.63. The van der Waals surface area contributed by atoms with Crippen molar-refractivity contribution in [3.05, 3.63) is 69.2 Å². The summed E-state index contributed by atoms with van der Waals surface area (Å²) < 4.78 is 6.00. The van der Waals surface area contributed by atoms with Gasteiger partial charge in [-0.25, -0.2) is 9.97 Å². The minimum Gasteiger partial charge on any atom is -0.485 e. The number of rotatable bonds is 6. The minimum absolute atomic E-state index is 0.0866. The number of amides is 1. The second-order valence-corrected chi connectivity index (χ2v) is 11.2. The van der Waals surface area contributed by atoms with Crippen molar-refractivity contribution in [1.82, 2.24) is 24.8 Å². The van der Waals surface area contributed by atoms with Gasteiger partial charge in [0.1, 0.15) is 17.3 Å². The molecule has 0 radical (unpaired) electrons. The van der Waals surface area contributed by atoms with Gasteiger partial charge in [0, 0.05) is 47.4 Å². The number of ether oxygens (including phenoxy) is 1. The summed E-state index contributed by atoms with van der Waals surface area (Å²) in [5.74, 6) is 1.37. The number of piperidine rings is 1. The number of hydrogen-bond donors (Lipinski definition) is 2. The largest absolute Gasteiger partial charge is 0.485 e. The van der Waals surface area contributed by atoms with Gasteiger partial charge in [-0.05, 0) is 69.5 Å². The van der Waals surface area contributed by atoms with Gasteiger partial charge in [0.05, 0.1) is 5.39 Å². The molecule has 5 heterocycles. The van der Waals surface area contributed by atoms with Crippen LogP contribution in [-0.4, -0.2) is 62.9 Å². The molecule has 3 aromatic heterocycles. The molecule has 2 aliphatic heterocycles. The summed E-state index contributed by atoms with van der Waals surface area (Å²) in [6, 6.07) is 10.1. The van der Waals surface area contributed by atoms with Crippen molar-refractivity contribution in [2.24, 2.45) is 0 Å². The van der Waals surface area contributed by atoms with E-state index in [0.29, 0.717) is 33.4 Å². The third-order valence-corrected chi connectivity index (χ3v) is 8.70. The summed E-state index contributed by atoms with van der Waals surface area (Å²) in [5.41, 5.74) is 9.10. The highest BCUT2D eigenvalue weighted by atomic mass is 32.1. The molecular weight excluding hydrogens is 512 g/mol. The Morgan fingerprint density at radius 2 is 1.87 bits per heavy atom. The van der Waals surface area contributed by atoms with Gasteiger partial charge in [-0.2, -0.15) is 0 Å². The normalized spacial score (nSPS) is 16.7. The third-order valence-electron chi connectivity index (χ3n) is 7.78. The number of likely N-dealkylation sites (tertiary alicyclic amines) is 2. The van der Waals surface area contributed by atoms with Crippen LogP contribution in [0.25, 0.3) is 21.3 Å². The molecule has 10 heteroatoms. The number of nitrogen functional groups attached to an aromatic ring is 1. The van der Waals surface area contributed by atoms with Gasteiger partial charge in [0.2, 0.25) is 0 Å². The lowest BCUT2D eigenvalue weighted by atomic mass is 10.0. The predicted molar refractivity (Wildman–Crippen MR) is 153 cm³/mol. The van der Waals surface area contributed by atoms with Gasteiger partial charge in [0.15, 0.2) is 11.6 Å². The molecule has 0 atom stereocenters. The van der Waals surface area contributed by atoms with E-state index in [-0.39, 0.29) is 23.9 Å². The molecule has 2 aliphatic rings. The van der Waals surface area contributed by atoms with Crippen molar-refractivity contribution in [2.75, 3.05) is 31.9 Å². The zero-order valence-electron chi connectivity index (χ0n) is 22.0. The summed E-state index contributed by atoms with van der Waals surface area (Å²) in [6.07, 6.45) is 6.39. The maximum absolute atomic E-state index is 13.1. The van der Waals surface area contributed by atoms with Crippen molar-refractivity contribution in [3.63, 3.8) is 0 Å². The number of aromatic nitrogens is 3. The number of aromatic amines is 1. The average Bonchev–Trinajstić information content (AvgIpc) is 3.63.